The minimum atomic E-state index is -0.660. The lowest BCUT2D eigenvalue weighted by atomic mass is 9.71. The molecule has 0 saturated carbocycles. The number of thioether (sulfide) groups is 1. The highest BCUT2D eigenvalue weighted by atomic mass is 32.2. The van der Waals surface area contributed by atoms with E-state index in [1.807, 2.05) is 0 Å². The second-order valence-corrected chi connectivity index (χ2v) is 11.5. The van der Waals surface area contributed by atoms with Gasteiger partial charge in [-0.25, -0.2) is 0 Å². The summed E-state index contributed by atoms with van der Waals surface area (Å²) in [7, 11) is 0. The molecular formula is C26H39N3O6S. The number of esters is 1. The van der Waals surface area contributed by atoms with Gasteiger partial charge in [-0.05, 0) is 25.7 Å². The van der Waals surface area contributed by atoms with Crippen molar-refractivity contribution in [2.24, 2.45) is 11.8 Å². The second-order valence-electron chi connectivity index (χ2n) is 9.94. The number of nitrogens with zero attached hydrogens (tertiary/aromatic N) is 3. The van der Waals surface area contributed by atoms with Gasteiger partial charge in [-0.15, -0.1) is 24.9 Å². The molecule has 4 fully saturated rings. The SMILES string of the molecule is C=CCCOC(=O)[C@@H]1[C@H]2C(=O)N(CCCO)C(C(=O)N(CC=C)CCN3CCOCC3)C23CC[C@H]1S3. The van der Waals surface area contributed by atoms with Gasteiger partial charge in [0.25, 0.3) is 0 Å². The molecule has 4 aliphatic rings. The van der Waals surface area contributed by atoms with Crippen molar-refractivity contribution in [3.05, 3.63) is 25.3 Å². The van der Waals surface area contributed by atoms with E-state index in [4.69, 9.17) is 9.47 Å². The van der Waals surface area contributed by atoms with E-state index in [2.05, 4.69) is 18.1 Å². The van der Waals surface area contributed by atoms with E-state index < -0.39 is 22.6 Å². The van der Waals surface area contributed by atoms with Crippen molar-refractivity contribution >= 4 is 29.5 Å². The molecule has 2 unspecified atom stereocenters. The van der Waals surface area contributed by atoms with Gasteiger partial charge in [0.2, 0.25) is 11.8 Å². The number of morpholine rings is 1. The maximum absolute atomic E-state index is 14.2. The zero-order valence-corrected chi connectivity index (χ0v) is 21.8. The number of rotatable bonds is 13. The minimum absolute atomic E-state index is 0.0216. The van der Waals surface area contributed by atoms with Crippen LogP contribution in [0.4, 0.5) is 0 Å². The number of likely N-dealkylation sites (tertiary alicyclic amines) is 1. The third-order valence-corrected chi connectivity index (χ3v) is 9.83. The van der Waals surface area contributed by atoms with Crippen LogP contribution in [0, 0.1) is 11.8 Å². The molecule has 0 radical (unpaired) electrons. The Balaban J connectivity index is 1.58. The molecule has 2 amide bonds. The maximum atomic E-state index is 14.2. The molecule has 5 atom stereocenters. The lowest BCUT2D eigenvalue weighted by Crippen LogP contribution is -2.56. The van der Waals surface area contributed by atoms with E-state index in [1.165, 1.54) is 0 Å². The average Bonchev–Trinajstić information content (AvgIpc) is 3.53. The first-order chi connectivity index (χ1) is 17.5. The lowest BCUT2D eigenvalue weighted by Gasteiger charge is -2.38. The van der Waals surface area contributed by atoms with E-state index in [0.29, 0.717) is 52.1 Å². The second kappa shape index (κ2) is 12.1. The number of carbonyl (C=O) groups excluding carboxylic acids is 3. The molecule has 4 saturated heterocycles. The number of amides is 2. The van der Waals surface area contributed by atoms with Crippen molar-refractivity contribution in [3.8, 4) is 0 Å². The first-order valence-electron chi connectivity index (χ1n) is 13.0. The van der Waals surface area contributed by atoms with Crippen LogP contribution in [-0.4, -0.2) is 119 Å². The molecule has 4 heterocycles. The molecule has 1 N–H and O–H groups in total. The topological polar surface area (TPSA) is 99.6 Å². The van der Waals surface area contributed by atoms with Gasteiger partial charge in [-0.3, -0.25) is 19.3 Å². The highest BCUT2D eigenvalue weighted by Gasteiger charge is 2.74. The lowest BCUT2D eigenvalue weighted by molar-refractivity contribution is -0.154. The predicted molar refractivity (Wildman–Crippen MR) is 137 cm³/mol. The number of hydrogen-bond donors (Lipinski definition) is 1. The highest BCUT2D eigenvalue weighted by Crippen LogP contribution is 2.66. The van der Waals surface area contributed by atoms with Crippen molar-refractivity contribution in [1.82, 2.24) is 14.7 Å². The molecule has 36 heavy (non-hydrogen) atoms. The third-order valence-electron chi connectivity index (χ3n) is 7.88. The summed E-state index contributed by atoms with van der Waals surface area (Å²) in [5.74, 6) is -1.72. The predicted octanol–water partition coefficient (Wildman–Crippen LogP) is 0.926. The van der Waals surface area contributed by atoms with Crippen LogP contribution < -0.4 is 0 Å². The highest BCUT2D eigenvalue weighted by molar-refractivity contribution is 8.02. The van der Waals surface area contributed by atoms with Crippen LogP contribution in [0.2, 0.25) is 0 Å². The van der Waals surface area contributed by atoms with E-state index in [9.17, 15) is 19.5 Å². The summed E-state index contributed by atoms with van der Waals surface area (Å²) in [6.07, 6.45) is 5.86. The van der Waals surface area contributed by atoms with Gasteiger partial charge in [0, 0.05) is 51.1 Å². The van der Waals surface area contributed by atoms with Gasteiger partial charge >= 0.3 is 5.97 Å². The number of ether oxygens (including phenoxy) is 2. The van der Waals surface area contributed by atoms with Gasteiger partial charge < -0.3 is 24.4 Å². The fourth-order valence-corrected chi connectivity index (χ4v) is 8.43. The van der Waals surface area contributed by atoms with Crippen LogP contribution in [0.5, 0.6) is 0 Å². The van der Waals surface area contributed by atoms with E-state index in [1.54, 1.807) is 33.7 Å². The van der Waals surface area contributed by atoms with Crippen molar-refractivity contribution in [2.45, 2.75) is 41.7 Å². The van der Waals surface area contributed by atoms with Crippen LogP contribution in [-0.2, 0) is 23.9 Å². The normalized spacial score (nSPS) is 31.4. The van der Waals surface area contributed by atoms with Crippen LogP contribution >= 0.6 is 11.8 Å². The van der Waals surface area contributed by atoms with Crippen LogP contribution in [0.3, 0.4) is 0 Å². The molecule has 9 nitrogen and oxygen atoms in total. The van der Waals surface area contributed by atoms with Crippen molar-refractivity contribution in [3.63, 3.8) is 0 Å². The summed E-state index contributed by atoms with van der Waals surface area (Å²) >= 11 is 1.64. The van der Waals surface area contributed by atoms with Gasteiger partial charge in [-0.1, -0.05) is 12.2 Å². The zero-order valence-electron chi connectivity index (χ0n) is 21.0. The molecule has 2 bridgehead atoms. The van der Waals surface area contributed by atoms with Crippen molar-refractivity contribution in [2.75, 3.05) is 65.7 Å². The molecule has 10 heteroatoms. The fourth-order valence-electron chi connectivity index (χ4n) is 6.23. The Hall–Kier alpha value is -1.88. The quantitative estimate of drug-likeness (QED) is 0.217. The minimum Gasteiger partial charge on any atom is -0.465 e. The standard InChI is InChI=1S/C26H39N3O6S/c1-3-5-16-35-25(33)20-19-7-8-26(36-19)21(20)23(31)29(10-6-15-30)22(26)24(32)28(9-4-2)12-11-27-13-17-34-18-14-27/h3-4,19-22,30H,1-2,5-18H2/t19-,20+,21+,22?,26?/m1/s1. The average molecular weight is 522 g/mol. The van der Waals surface area contributed by atoms with Crippen LogP contribution in [0.25, 0.3) is 0 Å². The Morgan fingerprint density at radius 2 is 2.03 bits per heavy atom. The molecule has 0 aromatic carbocycles. The number of aliphatic hydroxyl groups excluding tert-OH is 1. The number of hydrogen-bond acceptors (Lipinski definition) is 8. The van der Waals surface area contributed by atoms with Gasteiger partial charge in [0.15, 0.2) is 0 Å². The molecular weight excluding hydrogens is 482 g/mol. The van der Waals surface area contributed by atoms with Gasteiger partial charge in [0.1, 0.15) is 6.04 Å². The van der Waals surface area contributed by atoms with Crippen LogP contribution in [0.1, 0.15) is 25.7 Å². The number of carbonyl (C=O) groups is 3. The monoisotopic (exact) mass is 521 g/mol. The number of aliphatic hydroxyl groups is 1. The Morgan fingerprint density at radius 1 is 1.25 bits per heavy atom. The Bertz CT molecular complexity index is 850. The molecule has 4 rings (SSSR count). The molecule has 0 aliphatic carbocycles. The molecule has 1 spiro atoms. The molecule has 200 valence electrons. The largest absolute Gasteiger partial charge is 0.465 e. The fraction of sp³-hybridized carbons (Fsp3) is 0.731. The smallest absolute Gasteiger partial charge is 0.310 e. The van der Waals surface area contributed by atoms with Crippen molar-refractivity contribution < 1.29 is 29.0 Å². The Kier molecular flexibility index (Phi) is 9.14. The first-order valence-corrected chi connectivity index (χ1v) is 13.9. The summed E-state index contributed by atoms with van der Waals surface area (Å²) in [4.78, 5) is 46.8. The maximum Gasteiger partial charge on any atom is 0.310 e. The summed E-state index contributed by atoms with van der Waals surface area (Å²) in [6, 6.07) is -0.660. The molecule has 0 aromatic rings. The molecule has 0 aromatic heterocycles. The summed E-state index contributed by atoms with van der Waals surface area (Å²) in [6.45, 7) is 12.7. The molecule has 4 aliphatic heterocycles. The van der Waals surface area contributed by atoms with Gasteiger partial charge in [-0.2, -0.15) is 0 Å². The Labute approximate surface area is 217 Å². The van der Waals surface area contributed by atoms with E-state index in [0.717, 1.165) is 26.1 Å². The zero-order chi connectivity index (χ0) is 25.7. The van der Waals surface area contributed by atoms with Crippen LogP contribution in [0.15, 0.2) is 25.3 Å². The van der Waals surface area contributed by atoms with E-state index >= 15 is 0 Å². The summed E-state index contributed by atoms with van der Waals surface area (Å²) in [5, 5.41) is 9.48. The summed E-state index contributed by atoms with van der Waals surface area (Å²) < 4.78 is 10.3. The van der Waals surface area contributed by atoms with Crippen molar-refractivity contribution in [1.29, 1.82) is 0 Å². The first kappa shape index (κ1) is 27.2. The Morgan fingerprint density at radius 3 is 2.72 bits per heavy atom. The third kappa shape index (κ3) is 5.10. The van der Waals surface area contributed by atoms with E-state index in [-0.39, 0.29) is 36.2 Å². The summed E-state index contributed by atoms with van der Waals surface area (Å²) in [5.41, 5.74) is 0. The number of fused-ring (bicyclic) bond motifs is 1. The van der Waals surface area contributed by atoms with Gasteiger partial charge in [0.05, 0.1) is 36.4 Å².